The van der Waals surface area contributed by atoms with Crippen molar-refractivity contribution in [2.45, 2.75) is 38.1 Å². The molecule has 1 aliphatic heterocycles. The first-order valence-electron chi connectivity index (χ1n) is 7.18. The van der Waals surface area contributed by atoms with Gasteiger partial charge in [0, 0.05) is 19.6 Å². The number of rotatable bonds is 3. The summed E-state index contributed by atoms with van der Waals surface area (Å²) in [5, 5.41) is 9.19. The first kappa shape index (κ1) is 14.3. The second-order valence-corrected chi connectivity index (χ2v) is 5.99. The molecule has 5 heteroatoms. The molecule has 108 valence electrons. The Labute approximate surface area is 114 Å². The summed E-state index contributed by atoms with van der Waals surface area (Å²) in [6.45, 7) is 1.98. The number of piperidine rings is 1. The highest BCUT2D eigenvalue weighted by atomic mass is 16.4. The Morgan fingerprint density at radius 3 is 2.47 bits per heavy atom. The maximum Gasteiger partial charge on any atom is 0.307 e. The molecule has 0 aromatic heterocycles. The number of likely N-dealkylation sites (N-methyl/N-ethyl adjacent to an activating group) is 2. The summed E-state index contributed by atoms with van der Waals surface area (Å²) in [6, 6.07) is 0.237. The summed E-state index contributed by atoms with van der Waals surface area (Å²) in [5.41, 5.74) is 0. The molecule has 3 atom stereocenters. The summed E-state index contributed by atoms with van der Waals surface area (Å²) >= 11 is 0. The molecule has 3 unspecified atom stereocenters. The zero-order valence-corrected chi connectivity index (χ0v) is 11.8. The van der Waals surface area contributed by atoms with Crippen molar-refractivity contribution in [3.8, 4) is 0 Å². The van der Waals surface area contributed by atoms with E-state index in [9.17, 15) is 14.7 Å². The number of carboxylic acid groups (broad SMARTS) is 1. The third-order valence-corrected chi connectivity index (χ3v) is 4.65. The van der Waals surface area contributed by atoms with Crippen molar-refractivity contribution < 1.29 is 14.7 Å². The van der Waals surface area contributed by atoms with Gasteiger partial charge >= 0.3 is 5.97 Å². The molecule has 2 rings (SSSR count). The van der Waals surface area contributed by atoms with Crippen LogP contribution in [0.4, 0.5) is 0 Å². The van der Waals surface area contributed by atoms with Gasteiger partial charge in [0.1, 0.15) is 0 Å². The summed E-state index contributed by atoms with van der Waals surface area (Å²) < 4.78 is 0. The fourth-order valence-electron chi connectivity index (χ4n) is 3.45. The van der Waals surface area contributed by atoms with E-state index < -0.39 is 11.9 Å². The Morgan fingerprint density at radius 2 is 1.84 bits per heavy atom. The summed E-state index contributed by atoms with van der Waals surface area (Å²) in [4.78, 5) is 27.7. The van der Waals surface area contributed by atoms with E-state index in [1.807, 2.05) is 11.9 Å². The van der Waals surface area contributed by atoms with Gasteiger partial charge in [-0.3, -0.25) is 9.59 Å². The molecule has 19 heavy (non-hydrogen) atoms. The smallest absolute Gasteiger partial charge is 0.307 e. The number of carbonyl (C=O) groups excluding carboxylic acids is 1. The highest BCUT2D eigenvalue weighted by Gasteiger charge is 2.40. The van der Waals surface area contributed by atoms with Crippen LogP contribution in [0.1, 0.15) is 32.1 Å². The molecular weight excluding hydrogens is 244 g/mol. The largest absolute Gasteiger partial charge is 0.481 e. The SMILES string of the molecule is CN1CCCC(N(C)C(=O)C2CCCC2C(=O)O)C1. The summed E-state index contributed by atoms with van der Waals surface area (Å²) in [7, 11) is 3.91. The maximum absolute atomic E-state index is 12.5. The van der Waals surface area contributed by atoms with E-state index in [1.54, 1.807) is 0 Å². The fraction of sp³-hybridized carbons (Fsp3) is 0.857. The van der Waals surface area contributed by atoms with Crippen LogP contribution < -0.4 is 0 Å². The lowest BCUT2D eigenvalue weighted by Gasteiger charge is -2.37. The minimum Gasteiger partial charge on any atom is -0.481 e. The van der Waals surface area contributed by atoms with Crippen molar-refractivity contribution in [1.82, 2.24) is 9.80 Å². The van der Waals surface area contributed by atoms with E-state index in [0.717, 1.165) is 38.8 Å². The lowest BCUT2D eigenvalue weighted by atomic mass is 9.93. The number of hydrogen-bond acceptors (Lipinski definition) is 3. The number of carbonyl (C=O) groups is 2. The molecule has 1 amide bonds. The predicted molar refractivity (Wildman–Crippen MR) is 71.8 cm³/mol. The van der Waals surface area contributed by atoms with Crippen molar-refractivity contribution >= 4 is 11.9 Å². The molecule has 1 aliphatic carbocycles. The molecule has 0 radical (unpaired) electrons. The van der Waals surface area contributed by atoms with Gasteiger partial charge in [-0.2, -0.15) is 0 Å². The second kappa shape index (κ2) is 5.90. The number of nitrogens with zero attached hydrogens (tertiary/aromatic N) is 2. The zero-order chi connectivity index (χ0) is 14.0. The van der Waals surface area contributed by atoms with Crippen LogP contribution in [-0.4, -0.2) is 60.0 Å². The van der Waals surface area contributed by atoms with E-state index in [0.29, 0.717) is 6.42 Å². The molecule has 1 saturated heterocycles. The normalized spacial score (nSPS) is 32.2. The van der Waals surface area contributed by atoms with Gasteiger partial charge in [-0.1, -0.05) is 6.42 Å². The quantitative estimate of drug-likeness (QED) is 0.831. The molecule has 0 aromatic carbocycles. The van der Waals surface area contributed by atoms with Gasteiger partial charge in [-0.25, -0.2) is 0 Å². The third-order valence-electron chi connectivity index (χ3n) is 4.65. The van der Waals surface area contributed by atoms with Crippen LogP contribution in [0.3, 0.4) is 0 Å². The molecule has 1 saturated carbocycles. The summed E-state index contributed by atoms with van der Waals surface area (Å²) in [5.74, 6) is -1.57. The Morgan fingerprint density at radius 1 is 1.16 bits per heavy atom. The predicted octanol–water partition coefficient (Wildman–Crippen LogP) is 1.04. The van der Waals surface area contributed by atoms with Crippen LogP contribution >= 0.6 is 0 Å². The molecule has 2 aliphatic rings. The average molecular weight is 268 g/mol. The second-order valence-electron chi connectivity index (χ2n) is 5.99. The number of amides is 1. The number of likely N-dealkylation sites (tertiary alicyclic amines) is 1. The molecule has 2 fully saturated rings. The minimum atomic E-state index is -0.815. The first-order valence-corrected chi connectivity index (χ1v) is 7.18. The standard InChI is InChI=1S/C14H24N2O3/c1-15-8-4-5-10(9-15)16(2)13(17)11-6-3-7-12(11)14(18)19/h10-12H,3-9H2,1-2H3,(H,18,19). The van der Waals surface area contributed by atoms with Crippen molar-refractivity contribution in [3.05, 3.63) is 0 Å². The van der Waals surface area contributed by atoms with E-state index in [1.165, 1.54) is 0 Å². The van der Waals surface area contributed by atoms with Gasteiger partial charge in [0.05, 0.1) is 11.8 Å². The van der Waals surface area contributed by atoms with Crippen LogP contribution in [0.5, 0.6) is 0 Å². The number of aliphatic carboxylic acids is 1. The molecule has 0 aromatic rings. The third kappa shape index (κ3) is 3.08. The summed E-state index contributed by atoms with van der Waals surface area (Å²) in [6.07, 6.45) is 4.35. The van der Waals surface area contributed by atoms with Crippen LogP contribution in [0, 0.1) is 11.8 Å². The van der Waals surface area contributed by atoms with Crippen molar-refractivity contribution in [3.63, 3.8) is 0 Å². The van der Waals surface area contributed by atoms with E-state index in [2.05, 4.69) is 11.9 Å². The van der Waals surface area contributed by atoms with Gasteiger partial charge in [-0.05, 0) is 39.3 Å². The number of hydrogen-bond donors (Lipinski definition) is 1. The topological polar surface area (TPSA) is 60.9 Å². The van der Waals surface area contributed by atoms with Crippen LogP contribution in [-0.2, 0) is 9.59 Å². The maximum atomic E-state index is 12.5. The molecule has 0 spiro atoms. The average Bonchev–Trinajstić information content (AvgIpc) is 2.86. The van der Waals surface area contributed by atoms with Crippen molar-refractivity contribution in [1.29, 1.82) is 0 Å². The lowest BCUT2D eigenvalue weighted by Crippen LogP contribution is -2.49. The molecule has 1 N–H and O–H groups in total. The van der Waals surface area contributed by atoms with Crippen LogP contribution in [0.25, 0.3) is 0 Å². The Kier molecular flexibility index (Phi) is 4.45. The molecule has 1 heterocycles. The molecule has 0 bridgehead atoms. The molecular formula is C14H24N2O3. The van der Waals surface area contributed by atoms with Crippen molar-refractivity contribution in [2.75, 3.05) is 27.2 Å². The Bertz CT molecular complexity index is 359. The van der Waals surface area contributed by atoms with Gasteiger partial charge in [0.25, 0.3) is 0 Å². The Hall–Kier alpha value is -1.10. The number of carboxylic acids is 1. The van der Waals surface area contributed by atoms with Crippen LogP contribution in [0.2, 0.25) is 0 Å². The van der Waals surface area contributed by atoms with Gasteiger partial charge < -0.3 is 14.9 Å². The van der Waals surface area contributed by atoms with Gasteiger partial charge in [0.15, 0.2) is 0 Å². The first-order chi connectivity index (χ1) is 9.00. The highest BCUT2D eigenvalue weighted by Crippen LogP contribution is 2.34. The van der Waals surface area contributed by atoms with Gasteiger partial charge in [0.2, 0.25) is 5.91 Å². The van der Waals surface area contributed by atoms with E-state index in [4.69, 9.17) is 0 Å². The highest BCUT2D eigenvalue weighted by molar-refractivity contribution is 5.85. The van der Waals surface area contributed by atoms with Crippen LogP contribution in [0.15, 0.2) is 0 Å². The fourth-order valence-corrected chi connectivity index (χ4v) is 3.45. The Balaban J connectivity index is 2.00. The lowest BCUT2D eigenvalue weighted by molar-refractivity contribution is -0.149. The van der Waals surface area contributed by atoms with E-state index >= 15 is 0 Å². The monoisotopic (exact) mass is 268 g/mol. The van der Waals surface area contributed by atoms with E-state index in [-0.39, 0.29) is 17.9 Å². The molecule has 5 nitrogen and oxygen atoms in total. The zero-order valence-electron chi connectivity index (χ0n) is 11.8. The minimum absolute atomic E-state index is 0.0326. The van der Waals surface area contributed by atoms with Crippen molar-refractivity contribution in [2.24, 2.45) is 11.8 Å². The van der Waals surface area contributed by atoms with Gasteiger partial charge in [-0.15, -0.1) is 0 Å².